The van der Waals surface area contributed by atoms with Crippen LogP contribution < -0.4 is 14.4 Å². The number of ether oxygens (including phenoxy) is 2. The van der Waals surface area contributed by atoms with Crippen LogP contribution in [0.4, 0.5) is 10.5 Å². The van der Waals surface area contributed by atoms with E-state index in [-0.39, 0.29) is 24.5 Å². The van der Waals surface area contributed by atoms with Gasteiger partial charge in [-0.3, -0.25) is 9.69 Å². The summed E-state index contributed by atoms with van der Waals surface area (Å²) >= 11 is 0. The zero-order valence-electron chi connectivity index (χ0n) is 23.5. The third-order valence-corrected chi connectivity index (χ3v) is 7.52. The number of methoxy groups -OCH3 is 1. The van der Waals surface area contributed by atoms with Gasteiger partial charge >= 0.3 is 6.03 Å². The number of rotatable bonds is 9. The van der Waals surface area contributed by atoms with Gasteiger partial charge in [-0.25, -0.2) is 4.79 Å². The number of aromatic nitrogens is 1. The number of hydrogen-bond acceptors (Lipinski definition) is 4. The molecule has 0 unspecified atom stereocenters. The summed E-state index contributed by atoms with van der Waals surface area (Å²) < 4.78 is 13.6. The minimum Gasteiger partial charge on any atom is -0.493 e. The molecule has 1 aliphatic heterocycles. The molecule has 208 valence electrons. The minimum absolute atomic E-state index is 0.0324. The van der Waals surface area contributed by atoms with Crippen molar-refractivity contribution in [3.8, 4) is 11.5 Å². The Morgan fingerprint density at radius 3 is 2.55 bits per heavy atom. The Kier molecular flexibility index (Phi) is 7.96. The predicted octanol–water partition coefficient (Wildman–Crippen LogP) is 5.54. The molecule has 0 spiro atoms. The van der Waals surface area contributed by atoms with E-state index in [9.17, 15) is 9.59 Å². The Morgan fingerprint density at radius 1 is 1.00 bits per heavy atom. The van der Waals surface area contributed by atoms with Gasteiger partial charge in [0.05, 0.1) is 7.11 Å². The van der Waals surface area contributed by atoms with E-state index in [0.29, 0.717) is 31.2 Å². The molecule has 3 amide bonds. The van der Waals surface area contributed by atoms with Crippen LogP contribution in [0.25, 0.3) is 10.9 Å². The van der Waals surface area contributed by atoms with E-state index in [2.05, 4.69) is 13.0 Å². The van der Waals surface area contributed by atoms with Gasteiger partial charge in [-0.15, -0.1) is 0 Å². The van der Waals surface area contributed by atoms with Crippen LogP contribution in [0.3, 0.4) is 0 Å². The molecule has 1 atom stereocenters. The van der Waals surface area contributed by atoms with Crippen molar-refractivity contribution in [3.63, 3.8) is 0 Å². The lowest BCUT2D eigenvalue weighted by atomic mass is 10.1. The lowest BCUT2D eigenvalue weighted by molar-refractivity contribution is -0.129. The minimum atomic E-state index is -0.0443. The summed E-state index contributed by atoms with van der Waals surface area (Å²) in [5.74, 6) is 1.25. The molecule has 8 heteroatoms. The van der Waals surface area contributed by atoms with Gasteiger partial charge in [0, 0.05) is 62.1 Å². The molecule has 3 aromatic carbocycles. The van der Waals surface area contributed by atoms with Gasteiger partial charge in [0.1, 0.15) is 13.2 Å². The highest BCUT2D eigenvalue weighted by atomic mass is 16.5. The third-order valence-electron chi connectivity index (χ3n) is 7.52. The molecular formula is C32H36N4O4. The first-order valence-electron chi connectivity index (χ1n) is 13.6. The zero-order chi connectivity index (χ0) is 28.2. The maximum Gasteiger partial charge on any atom is 0.325 e. The van der Waals surface area contributed by atoms with Crippen LogP contribution in [0, 0.1) is 0 Å². The van der Waals surface area contributed by atoms with E-state index in [0.717, 1.165) is 34.1 Å². The second-order valence-corrected chi connectivity index (χ2v) is 10.4. The number of carbonyl (C=O) groups excluding carboxylic acids is 2. The van der Waals surface area contributed by atoms with Crippen LogP contribution in [-0.2, 0) is 24.5 Å². The second kappa shape index (κ2) is 11.7. The highest BCUT2D eigenvalue weighted by molar-refractivity contribution is 5.94. The van der Waals surface area contributed by atoms with E-state index in [4.69, 9.17) is 9.47 Å². The molecule has 1 aromatic heterocycles. The first-order valence-corrected chi connectivity index (χ1v) is 13.6. The molecule has 40 heavy (non-hydrogen) atoms. The fourth-order valence-corrected chi connectivity index (χ4v) is 5.09. The molecule has 0 saturated carbocycles. The molecule has 1 aliphatic rings. The van der Waals surface area contributed by atoms with Crippen molar-refractivity contribution in [2.24, 2.45) is 0 Å². The summed E-state index contributed by atoms with van der Waals surface area (Å²) in [6.45, 7) is 3.88. The van der Waals surface area contributed by atoms with Crippen molar-refractivity contribution in [3.05, 3.63) is 90.1 Å². The number of amides is 3. The topological polar surface area (TPSA) is 67.2 Å². The van der Waals surface area contributed by atoms with Crippen LogP contribution in [0.15, 0.2) is 79.0 Å². The Hall–Kier alpha value is -4.46. The van der Waals surface area contributed by atoms with Crippen LogP contribution >= 0.6 is 0 Å². The normalized spacial score (nSPS) is 15.4. The third kappa shape index (κ3) is 5.61. The SMILES string of the molecule is COc1ccc(N2CC[C@H](C)N(Cc3cccc4c3ccn4CC(=O)N(C)C)C2=O)cc1OCc1ccccc1. The number of likely N-dealkylation sites (N-methyl/N-ethyl adjacent to an activating group) is 1. The van der Waals surface area contributed by atoms with E-state index >= 15 is 0 Å². The quantitative estimate of drug-likeness (QED) is 0.280. The van der Waals surface area contributed by atoms with Crippen molar-refractivity contribution in [1.29, 1.82) is 0 Å². The summed E-state index contributed by atoms with van der Waals surface area (Å²) in [7, 11) is 5.13. The first-order chi connectivity index (χ1) is 19.4. The summed E-state index contributed by atoms with van der Waals surface area (Å²) in [6.07, 6.45) is 2.78. The molecule has 4 aromatic rings. The molecule has 1 saturated heterocycles. The van der Waals surface area contributed by atoms with Crippen molar-refractivity contribution in [1.82, 2.24) is 14.4 Å². The molecule has 5 rings (SSSR count). The number of benzene rings is 3. The van der Waals surface area contributed by atoms with Crippen molar-refractivity contribution >= 4 is 28.5 Å². The van der Waals surface area contributed by atoms with Gasteiger partial charge < -0.3 is 23.8 Å². The monoisotopic (exact) mass is 540 g/mol. The molecular weight excluding hydrogens is 504 g/mol. The van der Waals surface area contributed by atoms with Crippen LogP contribution in [0.2, 0.25) is 0 Å². The number of hydrogen-bond donors (Lipinski definition) is 0. The maximum atomic E-state index is 13.9. The van der Waals surface area contributed by atoms with E-state index in [1.54, 1.807) is 26.1 Å². The van der Waals surface area contributed by atoms with Crippen LogP contribution in [-0.4, -0.2) is 60.1 Å². The number of fused-ring (bicyclic) bond motifs is 1. The van der Waals surface area contributed by atoms with Gasteiger partial charge in [-0.05, 0) is 48.7 Å². The highest BCUT2D eigenvalue weighted by Gasteiger charge is 2.32. The Bertz CT molecular complexity index is 1500. The van der Waals surface area contributed by atoms with Gasteiger partial charge in [0.2, 0.25) is 5.91 Å². The molecule has 8 nitrogen and oxygen atoms in total. The van der Waals surface area contributed by atoms with Gasteiger partial charge in [0.15, 0.2) is 11.5 Å². The number of urea groups is 1. The van der Waals surface area contributed by atoms with E-state index < -0.39 is 0 Å². The van der Waals surface area contributed by atoms with Crippen molar-refractivity contribution in [2.75, 3.05) is 32.6 Å². The average molecular weight is 541 g/mol. The average Bonchev–Trinajstić information content (AvgIpc) is 3.38. The summed E-state index contributed by atoms with van der Waals surface area (Å²) in [5, 5.41) is 1.05. The zero-order valence-corrected chi connectivity index (χ0v) is 23.5. The fraction of sp³-hybridized carbons (Fsp3) is 0.312. The van der Waals surface area contributed by atoms with Crippen LogP contribution in [0.5, 0.6) is 11.5 Å². The second-order valence-electron chi connectivity index (χ2n) is 10.4. The molecule has 0 bridgehead atoms. The molecule has 1 fully saturated rings. The largest absolute Gasteiger partial charge is 0.493 e. The van der Waals surface area contributed by atoms with Gasteiger partial charge in [-0.2, -0.15) is 0 Å². The number of anilines is 1. The van der Waals surface area contributed by atoms with E-state index in [1.165, 1.54) is 0 Å². The maximum absolute atomic E-state index is 13.9. The first kappa shape index (κ1) is 27.1. The summed E-state index contributed by atoms with van der Waals surface area (Å²) in [5.41, 5.74) is 3.87. The lowest BCUT2D eigenvalue weighted by Gasteiger charge is -2.40. The predicted molar refractivity (Wildman–Crippen MR) is 157 cm³/mol. The van der Waals surface area contributed by atoms with Gasteiger partial charge in [-0.1, -0.05) is 42.5 Å². The van der Waals surface area contributed by atoms with Crippen molar-refractivity contribution in [2.45, 2.75) is 39.1 Å². The number of carbonyl (C=O) groups is 2. The molecule has 0 aliphatic carbocycles. The van der Waals surface area contributed by atoms with E-state index in [1.807, 2.05) is 87.3 Å². The summed E-state index contributed by atoms with van der Waals surface area (Å²) in [6, 6.07) is 23.7. The Labute approximate surface area is 235 Å². The summed E-state index contributed by atoms with van der Waals surface area (Å²) in [4.78, 5) is 31.5. The van der Waals surface area contributed by atoms with Crippen molar-refractivity contribution < 1.29 is 19.1 Å². The molecule has 0 radical (unpaired) electrons. The molecule has 2 heterocycles. The van der Waals surface area contributed by atoms with Crippen LogP contribution in [0.1, 0.15) is 24.5 Å². The molecule has 0 N–H and O–H groups in total. The standard InChI is InChI=1S/C32H36N4O4/c1-23-15-18-35(26-13-14-29(39-4)30(19-26)40-22-24-9-6-5-7-10-24)32(38)36(23)20-25-11-8-12-28-27(25)16-17-34(28)21-31(37)33(2)3/h5-14,16-17,19,23H,15,18,20-22H2,1-4H3/t23-/m0/s1. The Balaban J connectivity index is 1.37. The smallest absolute Gasteiger partial charge is 0.325 e. The van der Waals surface area contributed by atoms with Gasteiger partial charge in [0.25, 0.3) is 0 Å². The Morgan fingerprint density at radius 2 is 1.80 bits per heavy atom. The highest BCUT2D eigenvalue weighted by Crippen LogP contribution is 2.35. The number of nitrogens with zero attached hydrogens (tertiary/aromatic N) is 4. The lowest BCUT2D eigenvalue weighted by Crippen LogP contribution is -2.53. The fourth-order valence-electron chi connectivity index (χ4n) is 5.09.